The van der Waals surface area contributed by atoms with Crippen LogP contribution in [0.1, 0.15) is 29.6 Å². The second-order valence-electron chi connectivity index (χ2n) is 5.41. The lowest BCUT2D eigenvalue weighted by molar-refractivity contribution is -0.540. The molecule has 1 heterocycles. The van der Waals surface area contributed by atoms with Crippen molar-refractivity contribution in [3.63, 3.8) is 0 Å². The van der Waals surface area contributed by atoms with Crippen LogP contribution in [0.3, 0.4) is 0 Å². The Balaban J connectivity index is 2.10. The van der Waals surface area contributed by atoms with E-state index in [1.165, 1.54) is 0 Å². The van der Waals surface area contributed by atoms with E-state index in [-0.39, 0.29) is 11.3 Å². The summed E-state index contributed by atoms with van der Waals surface area (Å²) in [6, 6.07) is 12.9. The molecular formula is C17H14ClNO4. The molecule has 2 aromatic rings. The van der Waals surface area contributed by atoms with E-state index in [2.05, 4.69) is 0 Å². The second kappa shape index (κ2) is 6.38. The molecule has 5 nitrogen and oxygen atoms in total. The molecule has 3 atom stereocenters. The summed E-state index contributed by atoms with van der Waals surface area (Å²) in [6.07, 6.45) is 0.0419. The second-order valence-corrected chi connectivity index (χ2v) is 5.85. The van der Waals surface area contributed by atoms with Gasteiger partial charge in [0.25, 0.3) is 6.04 Å². The lowest BCUT2D eigenvalue weighted by Crippen LogP contribution is -2.40. The average molecular weight is 332 g/mol. The van der Waals surface area contributed by atoms with Crippen molar-refractivity contribution in [2.45, 2.75) is 24.5 Å². The molecule has 0 bridgehead atoms. The summed E-state index contributed by atoms with van der Waals surface area (Å²) in [5.74, 6) is 0.0607. The van der Waals surface area contributed by atoms with Crippen LogP contribution in [0, 0.1) is 10.1 Å². The Morgan fingerprint density at radius 2 is 1.87 bits per heavy atom. The molecule has 0 aromatic heterocycles. The van der Waals surface area contributed by atoms with Gasteiger partial charge in [-0.15, -0.1) is 0 Å². The highest BCUT2D eigenvalue weighted by Gasteiger charge is 2.46. The lowest BCUT2D eigenvalue weighted by atomic mass is 9.81. The molecule has 0 spiro atoms. The van der Waals surface area contributed by atoms with Crippen LogP contribution in [-0.2, 0) is 4.79 Å². The van der Waals surface area contributed by atoms with Crippen LogP contribution in [0.5, 0.6) is 5.75 Å². The summed E-state index contributed by atoms with van der Waals surface area (Å²) in [5, 5.41) is 12.2. The van der Waals surface area contributed by atoms with Crippen LogP contribution in [0.15, 0.2) is 48.5 Å². The fourth-order valence-electron chi connectivity index (χ4n) is 3.04. The molecule has 1 aliphatic rings. The summed E-state index contributed by atoms with van der Waals surface area (Å²) in [6.45, 7) is 0. The predicted octanol–water partition coefficient (Wildman–Crippen LogP) is 3.79. The van der Waals surface area contributed by atoms with Gasteiger partial charge >= 0.3 is 0 Å². The molecule has 23 heavy (non-hydrogen) atoms. The third-order valence-corrected chi connectivity index (χ3v) is 4.34. The number of aldehydes is 1. The van der Waals surface area contributed by atoms with E-state index >= 15 is 0 Å². The molecule has 118 valence electrons. The number of hydrogen-bond donors (Lipinski definition) is 0. The van der Waals surface area contributed by atoms with Gasteiger partial charge in [-0.25, -0.2) is 0 Å². The van der Waals surface area contributed by atoms with Crippen molar-refractivity contribution in [1.82, 2.24) is 0 Å². The van der Waals surface area contributed by atoms with Crippen LogP contribution < -0.4 is 4.74 Å². The molecule has 3 rings (SSSR count). The molecule has 0 unspecified atom stereocenters. The maximum Gasteiger partial charge on any atom is 0.260 e. The van der Waals surface area contributed by atoms with Crippen molar-refractivity contribution < 1.29 is 14.5 Å². The molecule has 1 aliphatic heterocycles. The smallest absolute Gasteiger partial charge is 0.260 e. The Morgan fingerprint density at radius 1 is 1.17 bits per heavy atom. The fraction of sp³-hybridized carbons (Fsp3) is 0.235. The van der Waals surface area contributed by atoms with E-state index in [0.29, 0.717) is 21.9 Å². The number of ether oxygens (including phenoxy) is 1. The van der Waals surface area contributed by atoms with E-state index in [9.17, 15) is 14.9 Å². The highest BCUT2D eigenvalue weighted by molar-refractivity contribution is 6.30. The molecule has 2 aromatic carbocycles. The number of fused-ring (bicyclic) bond motifs is 1. The van der Waals surface area contributed by atoms with Crippen molar-refractivity contribution in [3.05, 3.63) is 74.8 Å². The molecule has 0 aliphatic carbocycles. The number of benzene rings is 2. The Kier molecular flexibility index (Phi) is 4.30. The molecule has 0 amide bonds. The van der Waals surface area contributed by atoms with Gasteiger partial charge in [-0.3, -0.25) is 10.1 Å². The molecule has 0 radical (unpaired) electrons. The molecule has 0 saturated carbocycles. The zero-order chi connectivity index (χ0) is 16.4. The van der Waals surface area contributed by atoms with Gasteiger partial charge in [-0.05, 0) is 23.8 Å². The number of nitro groups is 1. The maximum absolute atomic E-state index is 11.7. The van der Waals surface area contributed by atoms with Gasteiger partial charge in [0.05, 0.1) is 5.92 Å². The predicted molar refractivity (Wildman–Crippen MR) is 85.5 cm³/mol. The summed E-state index contributed by atoms with van der Waals surface area (Å²) in [7, 11) is 0. The zero-order valence-corrected chi connectivity index (χ0v) is 12.8. The first-order valence-electron chi connectivity index (χ1n) is 7.20. The van der Waals surface area contributed by atoms with Gasteiger partial charge < -0.3 is 9.53 Å². The van der Waals surface area contributed by atoms with Crippen LogP contribution in [0.25, 0.3) is 0 Å². The van der Waals surface area contributed by atoms with Gasteiger partial charge in [0.2, 0.25) is 0 Å². The third-order valence-electron chi connectivity index (χ3n) is 4.09. The summed E-state index contributed by atoms with van der Waals surface area (Å²) in [4.78, 5) is 22.4. The lowest BCUT2D eigenvalue weighted by Gasteiger charge is -2.34. The van der Waals surface area contributed by atoms with Crippen LogP contribution in [-0.4, -0.2) is 17.3 Å². The summed E-state index contributed by atoms with van der Waals surface area (Å²) in [5.41, 5.74) is 1.37. The van der Waals surface area contributed by atoms with Crippen molar-refractivity contribution in [1.29, 1.82) is 0 Å². The number of carbonyl (C=O) groups excluding carboxylic acids is 1. The van der Waals surface area contributed by atoms with E-state index in [1.54, 1.807) is 42.5 Å². The number of rotatable bonds is 4. The standard InChI is InChI=1S/C17H14ClNO4/c18-12-7-5-11(6-8-12)17-16(19(21)22)14(9-10-20)13-3-1-2-4-15(13)23-17/h1-8,10,14,16-17H,9H2/t14-,16+,17-/m0/s1. The number of carbonyl (C=O) groups is 1. The Hall–Kier alpha value is -2.40. The van der Waals surface area contributed by atoms with Gasteiger partial charge in [-0.1, -0.05) is 41.9 Å². The minimum atomic E-state index is -1.03. The van der Waals surface area contributed by atoms with Crippen LogP contribution in [0.2, 0.25) is 5.02 Å². The quantitative estimate of drug-likeness (QED) is 0.485. The van der Waals surface area contributed by atoms with Gasteiger partial charge in [0.15, 0.2) is 6.10 Å². The minimum absolute atomic E-state index is 0.0795. The van der Waals surface area contributed by atoms with Gasteiger partial charge in [-0.2, -0.15) is 0 Å². The highest BCUT2D eigenvalue weighted by Crippen LogP contribution is 2.44. The third kappa shape index (κ3) is 2.92. The first-order chi connectivity index (χ1) is 11.1. The van der Waals surface area contributed by atoms with Gasteiger partial charge in [0.1, 0.15) is 12.0 Å². The Bertz CT molecular complexity index is 732. The Labute approximate surface area is 138 Å². The monoisotopic (exact) mass is 331 g/mol. The van der Waals surface area contributed by atoms with Crippen LogP contribution >= 0.6 is 11.6 Å². The molecule has 0 N–H and O–H groups in total. The minimum Gasteiger partial charge on any atom is -0.478 e. The first-order valence-corrected chi connectivity index (χ1v) is 7.58. The average Bonchev–Trinajstić information content (AvgIpc) is 2.55. The van der Waals surface area contributed by atoms with Crippen molar-refractivity contribution in [3.8, 4) is 5.75 Å². The largest absolute Gasteiger partial charge is 0.478 e. The highest BCUT2D eigenvalue weighted by atomic mass is 35.5. The number of halogens is 1. The van der Waals surface area contributed by atoms with E-state index in [4.69, 9.17) is 16.3 Å². The number of hydrogen-bond acceptors (Lipinski definition) is 4. The Morgan fingerprint density at radius 3 is 2.52 bits per heavy atom. The first kappa shape index (κ1) is 15.5. The summed E-state index contributed by atoms with van der Waals surface area (Å²) < 4.78 is 5.91. The van der Waals surface area contributed by atoms with Crippen molar-refractivity contribution in [2.24, 2.45) is 0 Å². The van der Waals surface area contributed by atoms with Crippen LogP contribution in [0.4, 0.5) is 0 Å². The van der Waals surface area contributed by atoms with Crippen molar-refractivity contribution in [2.75, 3.05) is 0 Å². The number of nitrogens with zero attached hydrogens (tertiary/aromatic N) is 1. The van der Waals surface area contributed by atoms with E-state index in [1.807, 2.05) is 6.07 Å². The molecule has 0 fully saturated rings. The normalized spacial score (nSPS) is 22.7. The summed E-state index contributed by atoms with van der Waals surface area (Å²) >= 11 is 5.89. The van der Waals surface area contributed by atoms with Crippen molar-refractivity contribution >= 4 is 17.9 Å². The SMILES string of the molecule is O=CC[C@H]1c2ccccc2O[C@@H](c2ccc(Cl)cc2)[C@@H]1[N+](=O)[O-]. The molecular weight excluding hydrogens is 318 g/mol. The maximum atomic E-state index is 11.7. The van der Waals surface area contributed by atoms with E-state index in [0.717, 1.165) is 6.29 Å². The fourth-order valence-corrected chi connectivity index (χ4v) is 3.17. The van der Waals surface area contributed by atoms with E-state index < -0.39 is 18.1 Å². The van der Waals surface area contributed by atoms with Gasteiger partial charge in [0, 0.05) is 21.9 Å². The molecule has 6 heteroatoms. The number of para-hydroxylation sites is 1. The topological polar surface area (TPSA) is 69.4 Å². The zero-order valence-electron chi connectivity index (χ0n) is 12.1. The molecule has 0 saturated heterocycles.